The maximum atomic E-state index is 9.56. The van der Waals surface area contributed by atoms with Crippen molar-refractivity contribution >= 4 is 0 Å². The van der Waals surface area contributed by atoms with Crippen LogP contribution in [0.3, 0.4) is 0 Å². The van der Waals surface area contributed by atoms with Crippen molar-refractivity contribution in [3.05, 3.63) is 54.4 Å². The van der Waals surface area contributed by atoms with E-state index in [4.69, 9.17) is 4.74 Å². The van der Waals surface area contributed by atoms with Crippen LogP contribution in [0.2, 0.25) is 0 Å². The molecule has 0 fully saturated rings. The third-order valence-electron chi connectivity index (χ3n) is 2.63. The van der Waals surface area contributed by atoms with Gasteiger partial charge in [0.25, 0.3) is 0 Å². The number of benzene rings is 1. The summed E-state index contributed by atoms with van der Waals surface area (Å²) >= 11 is 0. The van der Waals surface area contributed by atoms with Gasteiger partial charge in [-0.3, -0.25) is 4.98 Å². The minimum absolute atomic E-state index is 0.0510. The molecule has 0 bridgehead atoms. The Morgan fingerprint density at radius 1 is 1.11 bits per heavy atom. The van der Waals surface area contributed by atoms with Gasteiger partial charge in [0, 0.05) is 11.9 Å². The lowest BCUT2D eigenvalue weighted by Crippen LogP contribution is -2.15. The van der Waals surface area contributed by atoms with E-state index >= 15 is 0 Å². The highest BCUT2D eigenvalue weighted by molar-refractivity contribution is 5.38. The molecule has 2 N–H and O–H groups in total. The predicted octanol–water partition coefficient (Wildman–Crippen LogP) is 1.94. The van der Waals surface area contributed by atoms with Gasteiger partial charge in [-0.25, -0.2) is 0 Å². The zero-order chi connectivity index (χ0) is 12.8. The minimum Gasteiger partial charge on any atom is -0.504 e. The fourth-order valence-electron chi connectivity index (χ4n) is 1.62. The average molecular weight is 245 g/mol. The van der Waals surface area contributed by atoms with E-state index in [1.165, 1.54) is 0 Å². The lowest BCUT2D eigenvalue weighted by molar-refractivity contribution is 0.199. The molecule has 1 aromatic heterocycles. The van der Waals surface area contributed by atoms with Crippen molar-refractivity contribution in [3.63, 3.8) is 0 Å². The first-order valence-corrected chi connectivity index (χ1v) is 5.74. The molecule has 0 spiro atoms. The number of nitrogens with zero attached hydrogens (tertiary/aromatic N) is 1. The summed E-state index contributed by atoms with van der Waals surface area (Å²) in [5.74, 6) is 0.299. The monoisotopic (exact) mass is 245 g/mol. The summed E-state index contributed by atoms with van der Waals surface area (Å²) in [5.41, 5.74) is 0.774. The van der Waals surface area contributed by atoms with E-state index in [1.54, 1.807) is 30.5 Å². The predicted molar refractivity (Wildman–Crippen MR) is 67.7 cm³/mol. The average Bonchev–Trinajstić information content (AvgIpc) is 2.42. The normalized spacial score (nSPS) is 12.1. The van der Waals surface area contributed by atoms with Crippen LogP contribution < -0.4 is 4.74 Å². The number of para-hydroxylation sites is 2. The molecule has 0 radical (unpaired) electrons. The van der Waals surface area contributed by atoms with Gasteiger partial charge in [0.05, 0.1) is 19.1 Å². The van der Waals surface area contributed by atoms with Crippen molar-refractivity contribution in [3.8, 4) is 11.5 Å². The molecule has 18 heavy (non-hydrogen) atoms. The molecule has 4 nitrogen and oxygen atoms in total. The topological polar surface area (TPSA) is 62.6 Å². The number of ether oxygens (including phenoxy) is 1. The van der Waals surface area contributed by atoms with Crippen LogP contribution >= 0.6 is 0 Å². The van der Waals surface area contributed by atoms with Crippen LogP contribution in [0.5, 0.6) is 11.5 Å². The first kappa shape index (κ1) is 12.4. The van der Waals surface area contributed by atoms with Gasteiger partial charge in [-0.15, -0.1) is 0 Å². The van der Waals surface area contributed by atoms with E-state index in [1.807, 2.05) is 18.2 Å². The van der Waals surface area contributed by atoms with Gasteiger partial charge >= 0.3 is 0 Å². The van der Waals surface area contributed by atoms with Gasteiger partial charge in [-0.2, -0.15) is 0 Å². The summed E-state index contributed by atoms with van der Waals surface area (Å²) in [6.07, 6.45) is 1.68. The third-order valence-corrected chi connectivity index (χ3v) is 2.63. The summed E-state index contributed by atoms with van der Waals surface area (Å²) in [7, 11) is 0. The largest absolute Gasteiger partial charge is 0.504 e. The standard InChI is InChI=1S/C14H15NO3/c16-9-11(12-5-3-4-8-15-12)10-18-14-7-2-1-6-13(14)17/h1-8,11,16-17H,9-10H2. The van der Waals surface area contributed by atoms with E-state index in [-0.39, 0.29) is 24.9 Å². The maximum absolute atomic E-state index is 9.56. The summed E-state index contributed by atoms with van der Waals surface area (Å²) in [4.78, 5) is 4.18. The molecular weight excluding hydrogens is 230 g/mol. The van der Waals surface area contributed by atoms with Gasteiger partial charge in [0.15, 0.2) is 11.5 Å². The van der Waals surface area contributed by atoms with Crippen molar-refractivity contribution in [2.45, 2.75) is 5.92 Å². The summed E-state index contributed by atoms with van der Waals surface area (Å²) in [6.45, 7) is 0.218. The minimum atomic E-state index is -0.203. The lowest BCUT2D eigenvalue weighted by Gasteiger charge is -2.15. The Morgan fingerprint density at radius 2 is 1.89 bits per heavy atom. The molecule has 1 atom stereocenters. The van der Waals surface area contributed by atoms with Crippen LogP contribution in [0, 0.1) is 0 Å². The van der Waals surface area contributed by atoms with Gasteiger partial charge < -0.3 is 14.9 Å². The fraction of sp³-hybridized carbons (Fsp3) is 0.214. The SMILES string of the molecule is OCC(COc1ccccc1O)c1ccccn1. The van der Waals surface area contributed by atoms with Crippen molar-refractivity contribution in [1.29, 1.82) is 0 Å². The fourth-order valence-corrected chi connectivity index (χ4v) is 1.62. The first-order chi connectivity index (χ1) is 8.81. The number of pyridine rings is 1. The van der Waals surface area contributed by atoms with Crippen molar-refractivity contribution in [2.75, 3.05) is 13.2 Å². The number of aliphatic hydroxyl groups is 1. The van der Waals surface area contributed by atoms with Crippen LogP contribution in [-0.2, 0) is 0 Å². The molecule has 0 saturated carbocycles. The number of hydrogen-bond donors (Lipinski definition) is 2. The summed E-state index contributed by atoms with van der Waals surface area (Å²) in [5, 5.41) is 18.9. The number of rotatable bonds is 5. The molecule has 2 aromatic rings. The van der Waals surface area contributed by atoms with E-state index in [2.05, 4.69) is 4.98 Å². The lowest BCUT2D eigenvalue weighted by atomic mass is 10.1. The number of hydrogen-bond acceptors (Lipinski definition) is 4. The van der Waals surface area contributed by atoms with E-state index in [0.29, 0.717) is 5.75 Å². The molecule has 0 aliphatic carbocycles. The van der Waals surface area contributed by atoms with Crippen LogP contribution in [0.15, 0.2) is 48.7 Å². The highest BCUT2D eigenvalue weighted by atomic mass is 16.5. The number of phenolic OH excluding ortho intramolecular Hbond substituents is 1. The van der Waals surface area contributed by atoms with Gasteiger partial charge in [0.1, 0.15) is 0 Å². The van der Waals surface area contributed by atoms with E-state index in [0.717, 1.165) is 5.69 Å². The highest BCUT2D eigenvalue weighted by Gasteiger charge is 2.13. The molecule has 94 valence electrons. The molecule has 0 amide bonds. The van der Waals surface area contributed by atoms with Gasteiger partial charge in [0.2, 0.25) is 0 Å². The van der Waals surface area contributed by atoms with Crippen LogP contribution in [0.4, 0.5) is 0 Å². The molecule has 1 aromatic carbocycles. The van der Waals surface area contributed by atoms with Crippen molar-refractivity contribution < 1.29 is 14.9 Å². The second-order valence-corrected chi connectivity index (χ2v) is 3.91. The Hall–Kier alpha value is -2.07. The Bertz CT molecular complexity index is 487. The van der Waals surface area contributed by atoms with Crippen LogP contribution in [0.25, 0.3) is 0 Å². The summed E-state index contributed by atoms with van der Waals surface area (Å²) < 4.78 is 5.49. The zero-order valence-corrected chi connectivity index (χ0v) is 9.86. The molecule has 0 aliphatic rings. The Kier molecular flexibility index (Phi) is 4.15. The Morgan fingerprint density at radius 3 is 2.56 bits per heavy atom. The van der Waals surface area contributed by atoms with E-state index < -0.39 is 0 Å². The molecule has 1 heterocycles. The molecule has 1 unspecified atom stereocenters. The summed E-state index contributed by atoms with van der Waals surface area (Å²) in [6, 6.07) is 12.3. The number of aromatic nitrogens is 1. The van der Waals surface area contributed by atoms with Gasteiger partial charge in [-0.1, -0.05) is 18.2 Å². The second-order valence-electron chi connectivity index (χ2n) is 3.91. The quantitative estimate of drug-likeness (QED) is 0.845. The molecule has 0 aliphatic heterocycles. The first-order valence-electron chi connectivity index (χ1n) is 5.74. The smallest absolute Gasteiger partial charge is 0.160 e. The highest BCUT2D eigenvalue weighted by Crippen LogP contribution is 2.25. The molecule has 4 heteroatoms. The molecule has 0 saturated heterocycles. The maximum Gasteiger partial charge on any atom is 0.160 e. The number of phenols is 1. The van der Waals surface area contributed by atoms with Crippen LogP contribution in [-0.4, -0.2) is 28.4 Å². The number of aromatic hydroxyl groups is 1. The van der Waals surface area contributed by atoms with Crippen LogP contribution in [0.1, 0.15) is 11.6 Å². The Balaban J connectivity index is 2.02. The molecule has 2 rings (SSSR count). The molecular formula is C14H15NO3. The van der Waals surface area contributed by atoms with Crippen molar-refractivity contribution in [2.24, 2.45) is 0 Å². The van der Waals surface area contributed by atoms with Crippen molar-refractivity contribution in [1.82, 2.24) is 4.98 Å². The van der Waals surface area contributed by atoms with Gasteiger partial charge in [-0.05, 0) is 24.3 Å². The van der Waals surface area contributed by atoms with E-state index in [9.17, 15) is 10.2 Å². The Labute approximate surface area is 106 Å². The zero-order valence-electron chi connectivity index (χ0n) is 9.86. The third kappa shape index (κ3) is 2.99. The number of aliphatic hydroxyl groups excluding tert-OH is 1. The second kappa shape index (κ2) is 6.02.